The van der Waals surface area contributed by atoms with Gasteiger partial charge in [-0.15, -0.1) is 0 Å². The van der Waals surface area contributed by atoms with E-state index in [-0.39, 0.29) is 34.3 Å². The number of likely N-dealkylation sites (tertiary alicyclic amines) is 1. The van der Waals surface area contributed by atoms with E-state index >= 15 is 0 Å². The third-order valence-corrected chi connectivity index (χ3v) is 4.79. The monoisotopic (exact) mass is 398 g/mol. The summed E-state index contributed by atoms with van der Waals surface area (Å²) in [5.41, 5.74) is -0.179. The van der Waals surface area contributed by atoms with Gasteiger partial charge in [-0.3, -0.25) is 14.9 Å². The Balaban J connectivity index is 1.99. The Kier molecular flexibility index (Phi) is 6.30. The van der Waals surface area contributed by atoms with Gasteiger partial charge in [-0.2, -0.15) is 0 Å². The first-order chi connectivity index (χ1) is 11.4. The molecule has 1 unspecified atom stereocenters. The Morgan fingerprint density at radius 3 is 2.83 bits per heavy atom. The molecule has 0 N–H and O–H groups in total. The van der Waals surface area contributed by atoms with E-state index in [2.05, 4.69) is 15.9 Å². The van der Waals surface area contributed by atoms with E-state index in [1.807, 2.05) is 6.92 Å². The standard InChI is InChI=1S/C16H19BrN2O5/c1-2-12-5-3-4-8-18(12)15(20)10-24-16(21)11-6-7-13(17)14(9-11)19(22)23/h6-7,9,12H,2-5,8,10H2,1H3. The number of carbonyl (C=O) groups excluding carboxylic acids is 2. The summed E-state index contributed by atoms with van der Waals surface area (Å²) in [7, 11) is 0. The van der Waals surface area contributed by atoms with Crippen LogP contribution < -0.4 is 0 Å². The summed E-state index contributed by atoms with van der Waals surface area (Å²) in [5.74, 6) is -0.967. The number of carbonyl (C=O) groups is 2. The van der Waals surface area contributed by atoms with Crippen LogP contribution in [0.4, 0.5) is 5.69 Å². The molecule has 1 fully saturated rings. The predicted molar refractivity (Wildman–Crippen MR) is 90.7 cm³/mol. The van der Waals surface area contributed by atoms with Gasteiger partial charge in [-0.05, 0) is 53.7 Å². The molecule has 2 rings (SSSR count). The summed E-state index contributed by atoms with van der Waals surface area (Å²) in [6, 6.07) is 4.15. The Morgan fingerprint density at radius 1 is 1.42 bits per heavy atom. The average molecular weight is 399 g/mol. The molecular weight excluding hydrogens is 380 g/mol. The summed E-state index contributed by atoms with van der Waals surface area (Å²) in [6.45, 7) is 2.36. The normalized spacial score (nSPS) is 17.4. The maximum absolute atomic E-state index is 12.3. The molecule has 24 heavy (non-hydrogen) atoms. The Hall–Kier alpha value is -1.96. The number of ether oxygens (including phenoxy) is 1. The Labute approximate surface area is 148 Å². The van der Waals surface area contributed by atoms with Crippen LogP contribution in [0.2, 0.25) is 0 Å². The zero-order valence-corrected chi connectivity index (χ0v) is 15.0. The van der Waals surface area contributed by atoms with E-state index in [0.29, 0.717) is 6.54 Å². The fourth-order valence-electron chi connectivity index (χ4n) is 2.83. The molecule has 7 nitrogen and oxygen atoms in total. The molecule has 0 aromatic heterocycles. The van der Waals surface area contributed by atoms with Gasteiger partial charge in [0.05, 0.1) is 15.0 Å². The van der Waals surface area contributed by atoms with Crippen molar-refractivity contribution in [1.82, 2.24) is 4.90 Å². The molecular formula is C16H19BrN2O5. The minimum Gasteiger partial charge on any atom is -0.452 e. The van der Waals surface area contributed by atoms with Crippen molar-refractivity contribution in [3.63, 3.8) is 0 Å². The molecule has 1 saturated heterocycles. The third kappa shape index (κ3) is 4.31. The summed E-state index contributed by atoms with van der Waals surface area (Å²) in [5, 5.41) is 10.9. The Bertz CT molecular complexity index is 649. The molecule has 130 valence electrons. The number of halogens is 1. The lowest BCUT2D eigenvalue weighted by Crippen LogP contribution is -2.45. The first-order valence-corrected chi connectivity index (χ1v) is 8.64. The highest BCUT2D eigenvalue weighted by atomic mass is 79.9. The van der Waals surface area contributed by atoms with E-state index in [4.69, 9.17) is 4.74 Å². The highest BCUT2D eigenvalue weighted by Gasteiger charge is 2.26. The van der Waals surface area contributed by atoms with Gasteiger partial charge in [-0.1, -0.05) is 6.92 Å². The van der Waals surface area contributed by atoms with Gasteiger partial charge in [0.1, 0.15) is 0 Å². The molecule has 1 heterocycles. The number of benzene rings is 1. The van der Waals surface area contributed by atoms with Crippen LogP contribution in [-0.4, -0.2) is 40.9 Å². The Morgan fingerprint density at radius 2 is 2.17 bits per heavy atom. The lowest BCUT2D eigenvalue weighted by Gasteiger charge is -2.35. The second-order valence-corrected chi connectivity index (χ2v) is 6.50. The van der Waals surface area contributed by atoms with Crippen molar-refractivity contribution >= 4 is 33.5 Å². The lowest BCUT2D eigenvalue weighted by atomic mass is 10.00. The largest absolute Gasteiger partial charge is 0.452 e. The minimum atomic E-state index is -0.746. The number of rotatable bonds is 5. The van der Waals surface area contributed by atoms with Crippen molar-refractivity contribution in [2.24, 2.45) is 0 Å². The van der Waals surface area contributed by atoms with Crippen LogP contribution in [0.1, 0.15) is 43.0 Å². The number of hydrogen-bond donors (Lipinski definition) is 0. The van der Waals surface area contributed by atoms with E-state index in [1.165, 1.54) is 12.1 Å². The van der Waals surface area contributed by atoms with E-state index < -0.39 is 10.9 Å². The van der Waals surface area contributed by atoms with E-state index in [0.717, 1.165) is 31.7 Å². The van der Waals surface area contributed by atoms with Crippen molar-refractivity contribution in [3.05, 3.63) is 38.3 Å². The number of amides is 1. The quantitative estimate of drug-likeness (QED) is 0.431. The fraction of sp³-hybridized carbons (Fsp3) is 0.500. The number of nitrogens with zero attached hydrogens (tertiary/aromatic N) is 2. The summed E-state index contributed by atoms with van der Waals surface area (Å²) in [6.07, 6.45) is 3.90. The molecule has 1 aromatic rings. The van der Waals surface area contributed by atoms with Crippen LogP contribution in [0, 0.1) is 10.1 Å². The third-order valence-electron chi connectivity index (χ3n) is 4.12. The molecule has 8 heteroatoms. The highest BCUT2D eigenvalue weighted by molar-refractivity contribution is 9.10. The smallest absolute Gasteiger partial charge is 0.338 e. The van der Waals surface area contributed by atoms with Crippen molar-refractivity contribution in [3.8, 4) is 0 Å². The molecule has 0 aliphatic carbocycles. The van der Waals surface area contributed by atoms with E-state index in [9.17, 15) is 19.7 Å². The van der Waals surface area contributed by atoms with Crippen LogP contribution in [-0.2, 0) is 9.53 Å². The highest BCUT2D eigenvalue weighted by Crippen LogP contribution is 2.26. The van der Waals surface area contributed by atoms with Gasteiger partial charge in [-0.25, -0.2) is 4.79 Å². The molecule has 1 aliphatic rings. The predicted octanol–water partition coefficient (Wildman–Crippen LogP) is 3.31. The van der Waals surface area contributed by atoms with Gasteiger partial charge in [0.15, 0.2) is 6.61 Å². The van der Waals surface area contributed by atoms with Crippen molar-refractivity contribution in [2.75, 3.05) is 13.2 Å². The SMILES string of the molecule is CCC1CCCCN1C(=O)COC(=O)c1ccc(Br)c([N+](=O)[O-])c1. The van der Waals surface area contributed by atoms with Crippen LogP contribution in [0.5, 0.6) is 0 Å². The molecule has 0 radical (unpaired) electrons. The first kappa shape index (κ1) is 18.4. The number of piperidine rings is 1. The number of nitro groups is 1. The fourth-order valence-corrected chi connectivity index (χ4v) is 3.22. The average Bonchev–Trinajstić information content (AvgIpc) is 2.59. The van der Waals surface area contributed by atoms with Crippen molar-refractivity contribution in [1.29, 1.82) is 0 Å². The summed E-state index contributed by atoms with van der Waals surface area (Å²) < 4.78 is 5.32. The number of esters is 1. The van der Waals surface area contributed by atoms with Gasteiger partial charge in [0.2, 0.25) is 0 Å². The second-order valence-electron chi connectivity index (χ2n) is 5.64. The molecule has 1 atom stereocenters. The molecule has 1 aromatic carbocycles. The zero-order valence-electron chi connectivity index (χ0n) is 13.4. The zero-order chi connectivity index (χ0) is 17.7. The van der Waals surface area contributed by atoms with E-state index in [1.54, 1.807) is 4.90 Å². The molecule has 1 amide bonds. The van der Waals surface area contributed by atoms with Gasteiger partial charge in [0, 0.05) is 18.7 Å². The molecule has 0 saturated carbocycles. The summed E-state index contributed by atoms with van der Waals surface area (Å²) in [4.78, 5) is 36.4. The van der Waals surface area contributed by atoms with Crippen LogP contribution in [0.25, 0.3) is 0 Å². The molecule has 0 spiro atoms. The van der Waals surface area contributed by atoms with Crippen LogP contribution in [0.15, 0.2) is 22.7 Å². The summed E-state index contributed by atoms with van der Waals surface area (Å²) >= 11 is 3.05. The topological polar surface area (TPSA) is 89.8 Å². The molecule has 0 bridgehead atoms. The van der Waals surface area contributed by atoms with Gasteiger partial charge < -0.3 is 9.64 Å². The van der Waals surface area contributed by atoms with Crippen LogP contribution in [0.3, 0.4) is 0 Å². The minimum absolute atomic E-state index is 0.0448. The first-order valence-electron chi connectivity index (χ1n) is 7.84. The lowest BCUT2D eigenvalue weighted by molar-refractivity contribution is -0.385. The van der Waals surface area contributed by atoms with Crippen molar-refractivity contribution < 1.29 is 19.2 Å². The number of hydrogen-bond acceptors (Lipinski definition) is 5. The number of nitro benzene ring substituents is 1. The van der Waals surface area contributed by atoms with Crippen molar-refractivity contribution in [2.45, 2.75) is 38.6 Å². The van der Waals surface area contributed by atoms with Gasteiger partial charge >= 0.3 is 5.97 Å². The maximum Gasteiger partial charge on any atom is 0.338 e. The van der Waals surface area contributed by atoms with Gasteiger partial charge in [0.25, 0.3) is 11.6 Å². The van der Waals surface area contributed by atoms with Crippen LogP contribution >= 0.6 is 15.9 Å². The maximum atomic E-state index is 12.3. The molecule has 1 aliphatic heterocycles. The second kappa shape index (κ2) is 8.23.